The van der Waals surface area contributed by atoms with Crippen LogP contribution in [0.2, 0.25) is 0 Å². The second-order valence-electron chi connectivity index (χ2n) is 9.92. The summed E-state index contributed by atoms with van der Waals surface area (Å²) in [6.07, 6.45) is 12.0. The largest absolute Gasteiger partial charge is 0.378 e. The van der Waals surface area contributed by atoms with Crippen LogP contribution in [0.3, 0.4) is 0 Å². The molecule has 0 atom stereocenters. The Hall–Kier alpha value is -3.51. The van der Waals surface area contributed by atoms with Crippen LogP contribution in [0.15, 0.2) is 67.1 Å². The van der Waals surface area contributed by atoms with Gasteiger partial charge in [0.1, 0.15) is 6.54 Å². The molecule has 4 aromatic rings. The monoisotopic (exact) mass is 480 g/mol. The second kappa shape index (κ2) is 10.2. The Morgan fingerprint density at radius 1 is 0.917 bits per heavy atom. The molecule has 0 N–H and O–H groups in total. The molecule has 2 fully saturated rings. The summed E-state index contributed by atoms with van der Waals surface area (Å²) in [4.78, 5) is 24.1. The Balaban J connectivity index is 1.37. The van der Waals surface area contributed by atoms with E-state index in [0.29, 0.717) is 38.8 Å². The molecular formula is C30H32N4O2. The summed E-state index contributed by atoms with van der Waals surface area (Å²) in [6, 6.07) is 17.0. The van der Waals surface area contributed by atoms with E-state index in [4.69, 9.17) is 9.72 Å². The van der Waals surface area contributed by atoms with Crippen molar-refractivity contribution < 1.29 is 9.53 Å². The van der Waals surface area contributed by atoms with Crippen molar-refractivity contribution in [1.82, 2.24) is 19.4 Å². The number of pyridine rings is 2. The van der Waals surface area contributed by atoms with E-state index in [1.807, 2.05) is 17.0 Å². The summed E-state index contributed by atoms with van der Waals surface area (Å²) < 4.78 is 7.61. The van der Waals surface area contributed by atoms with Gasteiger partial charge in [-0.2, -0.15) is 0 Å². The first kappa shape index (κ1) is 22.9. The third kappa shape index (κ3) is 4.65. The predicted molar refractivity (Wildman–Crippen MR) is 142 cm³/mol. The normalized spacial score (nSPS) is 16.9. The van der Waals surface area contributed by atoms with Gasteiger partial charge in [0, 0.05) is 42.6 Å². The Labute approximate surface area is 211 Å². The fourth-order valence-corrected chi connectivity index (χ4v) is 5.71. The fourth-order valence-electron chi connectivity index (χ4n) is 5.71. The third-order valence-electron chi connectivity index (χ3n) is 7.65. The summed E-state index contributed by atoms with van der Waals surface area (Å²) in [7, 11) is 0. The van der Waals surface area contributed by atoms with E-state index in [9.17, 15) is 4.79 Å². The predicted octanol–water partition coefficient (Wildman–Crippen LogP) is 5.67. The molecule has 6 nitrogen and oxygen atoms in total. The first-order chi connectivity index (χ1) is 17.8. The molecule has 1 aromatic carbocycles. The first-order valence-electron chi connectivity index (χ1n) is 13.1. The van der Waals surface area contributed by atoms with Gasteiger partial charge in [0.05, 0.1) is 30.1 Å². The minimum absolute atomic E-state index is 0.162. The van der Waals surface area contributed by atoms with Crippen LogP contribution in [0, 0.1) is 0 Å². The van der Waals surface area contributed by atoms with E-state index in [-0.39, 0.29) is 5.91 Å². The maximum atomic E-state index is 13.2. The lowest BCUT2D eigenvalue weighted by molar-refractivity contribution is -0.135. The van der Waals surface area contributed by atoms with Crippen molar-refractivity contribution in [2.75, 3.05) is 26.3 Å². The van der Waals surface area contributed by atoms with E-state index in [2.05, 4.69) is 52.1 Å². The summed E-state index contributed by atoms with van der Waals surface area (Å²) in [5.41, 5.74) is 6.69. The quantitative estimate of drug-likeness (QED) is 0.369. The Morgan fingerprint density at radius 3 is 2.53 bits per heavy atom. The van der Waals surface area contributed by atoms with Crippen molar-refractivity contribution in [3.8, 4) is 22.5 Å². The lowest BCUT2D eigenvalue weighted by Crippen LogP contribution is -2.42. The van der Waals surface area contributed by atoms with Gasteiger partial charge in [-0.1, -0.05) is 31.4 Å². The van der Waals surface area contributed by atoms with Crippen molar-refractivity contribution in [2.45, 2.75) is 44.6 Å². The molecule has 1 amide bonds. The van der Waals surface area contributed by atoms with Gasteiger partial charge in [0.25, 0.3) is 0 Å². The van der Waals surface area contributed by atoms with Crippen LogP contribution in [0.5, 0.6) is 0 Å². The molecule has 1 saturated carbocycles. The topological polar surface area (TPSA) is 60.2 Å². The Bertz CT molecular complexity index is 1350. The van der Waals surface area contributed by atoms with Crippen LogP contribution < -0.4 is 0 Å². The van der Waals surface area contributed by atoms with Crippen LogP contribution in [-0.4, -0.2) is 51.6 Å². The number of fused-ring (bicyclic) bond motifs is 1. The van der Waals surface area contributed by atoms with Crippen LogP contribution in [0.25, 0.3) is 33.4 Å². The molecule has 1 saturated heterocycles. The molecular weight excluding hydrogens is 448 g/mol. The summed E-state index contributed by atoms with van der Waals surface area (Å²) in [6.45, 7) is 2.95. The number of aromatic nitrogens is 3. The molecule has 0 spiro atoms. The van der Waals surface area contributed by atoms with Gasteiger partial charge < -0.3 is 14.2 Å². The third-order valence-corrected chi connectivity index (χ3v) is 7.65. The zero-order valence-corrected chi connectivity index (χ0v) is 20.6. The highest BCUT2D eigenvalue weighted by Crippen LogP contribution is 2.39. The SMILES string of the molecule is O=C(Cn1ccc(C2CCCCC2)c1-c1ccc2nc(-c3ccncc3)ccc2c1)N1CCOCC1. The molecule has 0 unspecified atom stereocenters. The van der Waals surface area contributed by atoms with Crippen LogP contribution >= 0.6 is 0 Å². The van der Waals surface area contributed by atoms with Crippen molar-refractivity contribution >= 4 is 16.8 Å². The molecule has 184 valence electrons. The maximum absolute atomic E-state index is 13.2. The van der Waals surface area contributed by atoms with E-state index >= 15 is 0 Å². The maximum Gasteiger partial charge on any atom is 0.242 e. The smallest absolute Gasteiger partial charge is 0.242 e. The van der Waals surface area contributed by atoms with Gasteiger partial charge in [0.2, 0.25) is 5.91 Å². The van der Waals surface area contributed by atoms with Crippen molar-refractivity contribution in [1.29, 1.82) is 0 Å². The highest BCUT2D eigenvalue weighted by atomic mass is 16.5. The standard InChI is InChI=1S/C30H32N4O2/c35-29(33-16-18-36-19-17-33)21-34-15-12-26(22-4-2-1-3-5-22)30(34)25-7-9-28-24(20-25)6-8-27(32-28)23-10-13-31-14-11-23/h6-15,20,22H,1-5,16-19,21H2. The fraction of sp³-hybridized carbons (Fsp3) is 0.367. The van der Waals surface area contributed by atoms with Crippen LogP contribution in [-0.2, 0) is 16.1 Å². The van der Waals surface area contributed by atoms with Gasteiger partial charge in [-0.15, -0.1) is 0 Å². The van der Waals surface area contributed by atoms with Gasteiger partial charge in [-0.25, -0.2) is 4.98 Å². The molecule has 0 bridgehead atoms. The van der Waals surface area contributed by atoms with Crippen LogP contribution in [0.4, 0.5) is 0 Å². The molecule has 3 aromatic heterocycles. The minimum Gasteiger partial charge on any atom is -0.378 e. The number of nitrogens with zero attached hydrogens (tertiary/aromatic N) is 4. The number of hydrogen-bond acceptors (Lipinski definition) is 4. The number of morpholine rings is 1. The molecule has 6 heteroatoms. The zero-order valence-electron chi connectivity index (χ0n) is 20.6. The molecule has 2 aliphatic rings. The molecule has 1 aliphatic heterocycles. The summed E-state index contributed by atoms with van der Waals surface area (Å²) in [5.74, 6) is 0.714. The van der Waals surface area contributed by atoms with Crippen LogP contribution in [0.1, 0.15) is 43.6 Å². The van der Waals surface area contributed by atoms with E-state index in [0.717, 1.165) is 27.7 Å². The van der Waals surface area contributed by atoms with Gasteiger partial charge in [0.15, 0.2) is 0 Å². The minimum atomic E-state index is 0.162. The lowest BCUT2D eigenvalue weighted by Gasteiger charge is -2.28. The van der Waals surface area contributed by atoms with Crippen molar-refractivity contribution in [2.24, 2.45) is 0 Å². The number of benzene rings is 1. The average Bonchev–Trinajstić information content (AvgIpc) is 3.37. The van der Waals surface area contributed by atoms with E-state index < -0.39 is 0 Å². The van der Waals surface area contributed by atoms with E-state index in [1.54, 1.807) is 12.4 Å². The zero-order chi connectivity index (χ0) is 24.3. The number of carbonyl (C=O) groups is 1. The lowest BCUT2D eigenvalue weighted by atomic mass is 9.83. The Morgan fingerprint density at radius 2 is 1.72 bits per heavy atom. The average molecular weight is 481 g/mol. The Kier molecular flexibility index (Phi) is 6.51. The number of hydrogen-bond donors (Lipinski definition) is 0. The first-order valence-corrected chi connectivity index (χ1v) is 13.1. The second-order valence-corrected chi connectivity index (χ2v) is 9.92. The van der Waals surface area contributed by atoms with Crippen molar-refractivity contribution in [3.05, 3.63) is 72.7 Å². The molecule has 6 rings (SSSR count). The number of amides is 1. The summed E-state index contributed by atoms with van der Waals surface area (Å²) >= 11 is 0. The van der Waals surface area contributed by atoms with Gasteiger partial charge in [-0.3, -0.25) is 9.78 Å². The van der Waals surface area contributed by atoms with Gasteiger partial charge in [-0.05, 0) is 66.3 Å². The highest BCUT2D eigenvalue weighted by molar-refractivity contribution is 5.87. The van der Waals surface area contributed by atoms with Gasteiger partial charge >= 0.3 is 0 Å². The number of carbonyl (C=O) groups excluding carboxylic acids is 1. The molecule has 0 radical (unpaired) electrons. The number of ether oxygens (including phenoxy) is 1. The number of rotatable bonds is 5. The molecule has 4 heterocycles. The molecule has 1 aliphatic carbocycles. The summed E-state index contributed by atoms with van der Waals surface area (Å²) in [5, 5.41) is 1.10. The van der Waals surface area contributed by atoms with Crippen molar-refractivity contribution in [3.63, 3.8) is 0 Å². The van der Waals surface area contributed by atoms with E-state index in [1.165, 1.54) is 43.4 Å². The highest BCUT2D eigenvalue weighted by Gasteiger charge is 2.24. The molecule has 36 heavy (non-hydrogen) atoms.